The lowest BCUT2D eigenvalue weighted by atomic mass is 9.94. The Morgan fingerprint density at radius 1 is 0.389 bits per heavy atom. The number of nitrogens with two attached hydrogens (primary N) is 1. The van der Waals surface area contributed by atoms with Crippen molar-refractivity contribution in [3.8, 4) is 0 Å². The molecule has 0 spiro atoms. The Morgan fingerprint density at radius 2 is 0.833 bits per heavy atom. The van der Waals surface area contributed by atoms with Crippen LogP contribution in [0, 0.1) is 0 Å². The molecule has 0 aromatic carbocycles. The molecule has 5 aliphatic rings. The molecule has 0 saturated carbocycles. The standard InChI is InChI=1S/C30H53NO23/c1-6-12(35)16(39)19(42)28(46-6)52-23-11(31)27(53-24-15(38)9(4-33)48-26(45)21(24)44)50-10(5-34)22(23)51-30-25(18(41)14(37)8(3-32)49-30)54-29-20(43)17(40)13(36)7(2)47-29/h6-30,32-45H,3-5,31H2,1-2H3/t6?,7?,8?,9?,10?,11?,12-,13+,14+,15+,16?,17?,18?,19?,20?,21?,22+,23?,24?,25?,26?,27?,28-,29+,30+/m1/s1. The highest BCUT2D eigenvalue weighted by Gasteiger charge is 2.57. The fourth-order valence-corrected chi connectivity index (χ4v) is 6.94. The highest BCUT2D eigenvalue weighted by molar-refractivity contribution is 5.00. The van der Waals surface area contributed by atoms with E-state index in [0.29, 0.717) is 0 Å². The minimum atomic E-state index is -1.97. The van der Waals surface area contributed by atoms with Crippen molar-refractivity contribution < 1.29 is 114 Å². The van der Waals surface area contributed by atoms with Gasteiger partial charge in [0.05, 0.1) is 38.1 Å². The number of rotatable bonds is 11. The molecule has 5 saturated heterocycles. The van der Waals surface area contributed by atoms with Crippen molar-refractivity contribution in [2.75, 3.05) is 19.8 Å². The molecule has 0 aromatic rings. The molecule has 24 nitrogen and oxygen atoms in total. The first-order chi connectivity index (χ1) is 25.4. The Morgan fingerprint density at radius 3 is 1.35 bits per heavy atom. The summed E-state index contributed by atoms with van der Waals surface area (Å²) < 4.78 is 51.4. The second kappa shape index (κ2) is 18.3. The summed E-state index contributed by atoms with van der Waals surface area (Å²) in [5, 5.41) is 146. The average Bonchev–Trinajstić information content (AvgIpc) is 3.15. The van der Waals surface area contributed by atoms with Gasteiger partial charge in [-0.1, -0.05) is 0 Å². The van der Waals surface area contributed by atoms with Crippen LogP contribution in [0.25, 0.3) is 0 Å². The van der Waals surface area contributed by atoms with Gasteiger partial charge >= 0.3 is 0 Å². The zero-order chi connectivity index (χ0) is 39.9. The molecule has 25 atom stereocenters. The molecule has 0 radical (unpaired) electrons. The summed E-state index contributed by atoms with van der Waals surface area (Å²) in [6, 6.07) is -1.65. The van der Waals surface area contributed by atoms with Gasteiger partial charge in [-0.3, -0.25) is 0 Å². The topological polar surface area (TPSA) is 392 Å². The number of aliphatic hydroxyl groups is 14. The zero-order valence-electron chi connectivity index (χ0n) is 29.1. The van der Waals surface area contributed by atoms with E-state index in [1.54, 1.807) is 0 Å². The van der Waals surface area contributed by atoms with Gasteiger partial charge in [0.15, 0.2) is 31.5 Å². The van der Waals surface area contributed by atoms with Crippen molar-refractivity contribution in [1.29, 1.82) is 0 Å². The Bertz CT molecular complexity index is 1180. The summed E-state index contributed by atoms with van der Waals surface area (Å²) in [6.07, 6.45) is -41.1. The Labute approximate surface area is 307 Å². The number of hydrogen-bond acceptors (Lipinski definition) is 24. The van der Waals surface area contributed by atoms with Crippen LogP contribution >= 0.6 is 0 Å². The van der Waals surface area contributed by atoms with Crippen LogP contribution in [0.3, 0.4) is 0 Å². The first-order valence-electron chi connectivity index (χ1n) is 17.4. The van der Waals surface area contributed by atoms with E-state index in [4.69, 9.17) is 48.4 Å². The molecule has 316 valence electrons. The van der Waals surface area contributed by atoms with Crippen molar-refractivity contribution >= 4 is 0 Å². The van der Waals surface area contributed by atoms with Crippen molar-refractivity contribution in [2.45, 2.75) is 167 Å². The largest absolute Gasteiger partial charge is 0.394 e. The van der Waals surface area contributed by atoms with Crippen LogP contribution in [0.4, 0.5) is 0 Å². The van der Waals surface area contributed by atoms with Gasteiger partial charge in [-0.05, 0) is 13.8 Å². The summed E-state index contributed by atoms with van der Waals surface area (Å²) in [4.78, 5) is 0. The van der Waals surface area contributed by atoms with Gasteiger partial charge in [0.25, 0.3) is 0 Å². The molecule has 17 unspecified atom stereocenters. The van der Waals surface area contributed by atoms with E-state index in [9.17, 15) is 71.5 Å². The summed E-state index contributed by atoms with van der Waals surface area (Å²) in [5.74, 6) is 0. The lowest BCUT2D eigenvalue weighted by Crippen LogP contribution is -2.70. The maximum Gasteiger partial charge on any atom is 0.187 e. The van der Waals surface area contributed by atoms with Crippen LogP contribution in [0.1, 0.15) is 13.8 Å². The van der Waals surface area contributed by atoms with Crippen LogP contribution in [0.15, 0.2) is 0 Å². The smallest absolute Gasteiger partial charge is 0.187 e. The molecule has 5 heterocycles. The van der Waals surface area contributed by atoms with Crippen molar-refractivity contribution in [3.63, 3.8) is 0 Å². The molecule has 54 heavy (non-hydrogen) atoms. The molecule has 0 amide bonds. The van der Waals surface area contributed by atoms with Crippen LogP contribution in [0.5, 0.6) is 0 Å². The molecule has 0 aromatic heterocycles. The predicted molar refractivity (Wildman–Crippen MR) is 166 cm³/mol. The monoisotopic (exact) mass is 795 g/mol. The minimum absolute atomic E-state index is 0.812. The van der Waals surface area contributed by atoms with Crippen molar-refractivity contribution in [2.24, 2.45) is 5.73 Å². The van der Waals surface area contributed by atoms with Crippen molar-refractivity contribution in [3.05, 3.63) is 0 Å². The van der Waals surface area contributed by atoms with Crippen LogP contribution < -0.4 is 5.73 Å². The minimum Gasteiger partial charge on any atom is -0.394 e. The predicted octanol–water partition coefficient (Wildman–Crippen LogP) is -9.90. The Balaban J connectivity index is 1.47. The molecular formula is C30H53NO23. The van der Waals surface area contributed by atoms with Gasteiger partial charge in [-0.15, -0.1) is 0 Å². The van der Waals surface area contributed by atoms with E-state index in [1.807, 2.05) is 0 Å². The third-order valence-corrected chi connectivity index (χ3v) is 10.3. The molecule has 5 aliphatic heterocycles. The first-order valence-corrected chi connectivity index (χ1v) is 17.4. The molecule has 5 rings (SSSR count). The maximum atomic E-state index is 11.1. The normalized spacial score (nSPS) is 54.7. The number of aliphatic hydroxyl groups excluding tert-OH is 14. The highest BCUT2D eigenvalue weighted by atomic mass is 16.8. The Hall–Kier alpha value is -0.960. The fraction of sp³-hybridized carbons (Fsp3) is 1.00. The summed E-state index contributed by atoms with van der Waals surface area (Å²) in [6.45, 7) is 0.0525. The van der Waals surface area contributed by atoms with Gasteiger partial charge in [0.2, 0.25) is 0 Å². The summed E-state index contributed by atoms with van der Waals surface area (Å²) in [5.41, 5.74) is 6.56. The zero-order valence-corrected chi connectivity index (χ0v) is 29.1. The lowest BCUT2D eigenvalue weighted by Gasteiger charge is -2.51. The van der Waals surface area contributed by atoms with Gasteiger partial charge in [-0.2, -0.15) is 0 Å². The van der Waals surface area contributed by atoms with E-state index in [-0.39, 0.29) is 0 Å². The third-order valence-electron chi connectivity index (χ3n) is 10.3. The molecular weight excluding hydrogens is 742 g/mol. The number of ether oxygens (including phenoxy) is 9. The van der Waals surface area contributed by atoms with E-state index in [2.05, 4.69) is 0 Å². The van der Waals surface area contributed by atoms with Gasteiger partial charge in [0, 0.05) is 0 Å². The second-order valence-corrected chi connectivity index (χ2v) is 14.0. The SMILES string of the molecule is CC1O[C@H](OC2C(N)C(OC3C(O)C(O)OC(CO)[C@@H]3O)OC(CO)[C@@H]2O[C@@H]2OC(CO)[C@H](O)C(O)C2O[C@@H]2OC(C)[C@H](O)C(O)C2O)C(O)C(O)[C@@H]1O. The fourth-order valence-electron chi connectivity index (χ4n) is 6.94. The molecule has 0 bridgehead atoms. The molecule has 16 N–H and O–H groups in total. The van der Waals surface area contributed by atoms with Crippen LogP contribution in [-0.4, -0.2) is 245 Å². The quantitative estimate of drug-likeness (QED) is 0.0923. The van der Waals surface area contributed by atoms with E-state index in [0.717, 1.165) is 0 Å². The van der Waals surface area contributed by atoms with E-state index >= 15 is 0 Å². The second-order valence-electron chi connectivity index (χ2n) is 14.0. The van der Waals surface area contributed by atoms with Crippen LogP contribution in [0.2, 0.25) is 0 Å². The highest BCUT2D eigenvalue weighted by Crippen LogP contribution is 2.36. The Kier molecular flexibility index (Phi) is 15.0. The van der Waals surface area contributed by atoms with E-state index in [1.165, 1.54) is 13.8 Å². The average molecular weight is 796 g/mol. The van der Waals surface area contributed by atoms with Crippen LogP contribution in [-0.2, 0) is 42.6 Å². The van der Waals surface area contributed by atoms with Gasteiger partial charge < -0.3 is 120 Å². The first kappa shape index (κ1) is 44.1. The molecule has 5 fully saturated rings. The van der Waals surface area contributed by atoms with E-state index < -0.39 is 173 Å². The maximum absolute atomic E-state index is 11.1. The van der Waals surface area contributed by atoms with Gasteiger partial charge in [0.1, 0.15) is 104 Å². The summed E-state index contributed by atoms with van der Waals surface area (Å²) >= 11 is 0. The molecule has 24 heteroatoms. The third kappa shape index (κ3) is 8.72. The molecule has 0 aliphatic carbocycles. The van der Waals surface area contributed by atoms with Crippen molar-refractivity contribution in [1.82, 2.24) is 0 Å². The van der Waals surface area contributed by atoms with Gasteiger partial charge in [-0.25, -0.2) is 0 Å². The number of hydrogen-bond donors (Lipinski definition) is 15. The lowest BCUT2D eigenvalue weighted by molar-refractivity contribution is -0.397. The summed E-state index contributed by atoms with van der Waals surface area (Å²) in [7, 11) is 0.